The summed E-state index contributed by atoms with van der Waals surface area (Å²) in [5, 5.41) is 12.2. The van der Waals surface area contributed by atoms with Crippen LogP contribution in [0.2, 0.25) is 0 Å². The van der Waals surface area contributed by atoms with Gasteiger partial charge in [-0.05, 0) is 18.2 Å². The topological polar surface area (TPSA) is 129 Å². The number of benzene rings is 2. The van der Waals surface area contributed by atoms with Crippen LogP contribution in [0.4, 0.5) is 8.78 Å². The predicted octanol–water partition coefficient (Wildman–Crippen LogP) is 2.49. The number of fused-ring (bicyclic) bond motifs is 1. The Morgan fingerprint density at radius 2 is 1.80 bits per heavy atom. The highest BCUT2D eigenvalue weighted by atomic mass is 32.2. The minimum atomic E-state index is -4.16. The number of ether oxygens (including phenoxy) is 1. The zero-order valence-electron chi connectivity index (χ0n) is 18.4. The van der Waals surface area contributed by atoms with Crippen LogP contribution in [-0.2, 0) is 20.4 Å². The van der Waals surface area contributed by atoms with Gasteiger partial charge in [0.15, 0.2) is 16.0 Å². The number of halogens is 2. The molecule has 0 saturated heterocycles. The van der Waals surface area contributed by atoms with Crippen LogP contribution in [0.3, 0.4) is 0 Å². The van der Waals surface area contributed by atoms with Gasteiger partial charge in [-0.2, -0.15) is 14.0 Å². The largest absolute Gasteiger partial charge is 0.435 e. The lowest BCUT2D eigenvalue weighted by Crippen LogP contribution is -2.50. The van der Waals surface area contributed by atoms with E-state index in [-0.39, 0.29) is 17.0 Å². The van der Waals surface area contributed by atoms with Crippen molar-refractivity contribution in [3.63, 3.8) is 0 Å². The SMILES string of the molecule is CN(C#N)C(=O)[C@H](CS(=O)(=O)Cc1ccccc1OC(F)F)NC(=O)c1ccc2ccccc2n1. The molecule has 0 saturated carbocycles. The fourth-order valence-corrected chi connectivity index (χ4v) is 4.83. The first-order chi connectivity index (χ1) is 16.6. The summed E-state index contributed by atoms with van der Waals surface area (Å²) < 4.78 is 55.5. The molecule has 1 heterocycles. The number of nitrogens with zero attached hydrogens (tertiary/aromatic N) is 3. The lowest BCUT2D eigenvalue weighted by molar-refractivity contribution is -0.128. The predicted molar refractivity (Wildman–Crippen MR) is 122 cm³/mol. The average molecular weight is 502 g/mol. The molecule has 1 aromatic heterocycles. The van der Waals surface area contributed by atoms with Crippen LogP contribution in [0.15, 0.2) is 60.7 Å². The quantitative estimate of drug-likeness (QED) is 0.352. The van der Waals surface area contributed by atoms with Crippen LogP contribution in [0, 0.1) is 11.5 Å². The molecule has 0 unspecified atom stereocenters. The molecule has 0 radical (unpaired) electrons. The Kier molecular flexibility index (Phi) is 7.93. The molecular weight excluding hydrogens is 482 g/mol. The normalized spacial score (nSPS) is 12.1. The van der Waals surface area contributed by atoms with Crippen molar-refractivity contribution < 1.29 is 31.5 Å². The highest BCUT2D eigenvalue weighted by Crippen LogP contribution is 2.23. The van der Waals surface area contributed by atoms with Gasteiger partial charge in [0.2, 0.25) is 0 Å². The van der Waals surface area contributed by atoms with Crippen molar-refractivity contribution >= 4 is 32.6 Å². The zero-order valence-corrected chi connectivity index (χ0v) is 19.2. The van der Waals surface area contributed by atoms with Crippen molar-refractivity contribution in [3.05, 3.63) is 71.9 Å². The maximum Gasteiger partial charge on any atom is 0.387 e. The summed E-state index contributed by atoms with van der Waals surface area (Å²) >= 11 is 0. The van der Waals surface area contributed by atoms with Crippen molar-refractivity contribution in [1.29, 1.82) is 5.26 Å². The lowest BCUT2D eigenvalue weighted by atomic mass is 10.2. The van der Waals surface area contributed by atoms with Crippen LogP contribution in [0.1, 0.15) is 16.1 Å². The number of hydrogen-bond donors (Lipinski definition) is 1. The van der Waals surface area contributed by atoms with Crippen molar-refractivity contribution in [2.24, 2.45) is 0 Å². The number of carbonyl (C=O) groups excluding carboxylic acids is 2. The first-order valence-corrected chi connectivity index (χ1v) is 12.0. The number of hydrogen-bond acceptors (Lipinski definition) is 7. The van der Waals surface area contributed by atoms with Crippen LogP contribution >= 0.6 is 0 Å². The molecule has 12 heteroatoms. The van der Waals surface area contributed by atoms with Gasteiger partial charge in [-0.25, -0.2) is 13.4 Å². The second-order valence-corrected chi connectivity index (χ2v) is 9.56. The van der Waals surface area contributed by atoms with Gasteiger partial charge in [-0.1, -0.05) is 42.5 Å². The molecule has 0 aliphatic rings. The molecule has 0 spiro atoms. The molecule has 182 valence electrons. The van der Waals surface area contributed by atoms with E-state index in [2.05, 4.69) is 15.0 Å². The Hall–Kier alpha value is -4.11. The number of likely N-dealkylation sites (N-methyl/N-ethyl adjacent to an activating group) is 1. The van der Waals surface area contributed by atoms with Gasteiger partial charge in [-0.3, -0.25) is 14.5 Å². The lowest BCUT2D eigenvalue weighted by Gasteiger charge is -2.20. The Morgan fingerprint density at radius 1 is 1.11 bits per heavy atom. The molecule has 0 aliphatic heterocycles. The molecular formula is C23H20F2N4O5S. The highest BCUT2D eigenvalue weighted by Gasteiger charge is 2.31. The third kappa shape index (κ3) is 6.70. The molecule has 0 aliphatic carbocycles. The summed E-state index contributed by atoms with van der Waals surface area (Å²) in [6, 6.07) is 13.8. The molecule has 2 amide bonds. The van der Waals surface area contributed by atoms with Crippen LogP contribution in [0.5, 0.6) is 5.75 Å². The molecule has 1 N–H and O–H groups in total. The third-order valence-corrected chi connectivity index (χ3v) is 6.49. The van der Waals surface area contributed by atoms with Crippen LogP contribution in [-0.4, -0.2) is 55.6 Å². The van der Waals surface area contributed by atoms with E-state index in [0.717, 1.165) is 12.4 Å². The Morgan fingerprint density at radius 3 is 2.51 bits per heavy atom. The van der Waals surface area contributed by atoms with E-state index >= 15 is 0 Å². The first kappa shape index (κ1) is 25.5. The van der Waals surface area contributed by atoms with Gasteiger partial charge in [0.25, 0.3) is 11.8 Å². The maximum absolute atomic E-state index is 12.9. The number of sulfone groups is 1. The fraction of sp³-hybridized carbons (Fsp3) is 0.217. The Bertz CT molecular complexity index is 1390. The van der Waals surface area contributed by atoms with Gasteiger partial charge in [0.1, 0.15) is 17.5 Å². The van der Waals surface area contributed by atoms with E-state index in [1.165, 1.54) is 30.3 Å². The molecule has 3 rings (SSSR count). The van der Waals surface area contributed by atoms with Crippen LogP contribution < -0.4 is 10.1 Å². The van der Waals surface area contributed by atoms with Crippen molar-refractivity contribution in [3.8, 4) is 11.9 Å². The number of aromatic nitrogens is 1. The molecule has 3 aromatic rings. The number of rotatable bonds is 9. The number of pyridine rings is 1. The second kappa shape index (κ2) is 10.9. The number of carbonyl (C=O) groups is 2. The van der Waals surface area contributed by atoms with E-state index in [0.29, 0.717) is 10.4 Å². The number of alkyl halides is 2. The van der Waals surface area contributed by atoms with E-state index in [1.54, 1.807) is 36.5 Å². The van der Waals surface area contributed by atoms with E-state index in [4.69, 9.17) is 5.26 Å². The fourth-order valence-electron chi connectivity index (χ4n) is 3.27. The highest BCUT2D eigenvalue weighted by molar-refractivity contribution is 7.90. The molecule has 0 fully saturated rings. The first-order valence-electron chi connectivity index (χ1n) is 10.2. The number of nitrogens with one attached hydrogen (secondary N) is 1. The molecule has 2 aromatic carbocycles. The van der Waals surface area contributed by atoms with Gasteiger partial charge in [0.05, 0.1) is 17.0 Å². The van der Waals surface area contributed by atoms with E-state index in [9.17, 15) is 26.8 Å². The standard InChI is InChI=1S/C23H20F2N4O5S/c1-29(14-26)22(31)19(28-21(30)18-11-10-15-6-2-4-8-17(15)27-18)13-35(32,33)12-16-7-3-5-9-20(16)34-23(24)25/h2-11,19,23H,12-13H2,1H3,(H,28,30)/t19-/m0/s1. The van der Waals surface area contributed by atoms with Gasteiger partial charge in [-0.15, -0.1) is 0 Å². The number of nitriles is 1. The summed E-state index contributed by atoms with van der Waals surface area (Å²) in [5.41, 5.74) is 0.407. The van der Waals surface area contributed by atoms with Gasteiger partial charge >= 0.3 is 6.61 Å². The molecule has 9 nitrogen and oxygen atoms in total. The zero-order chi connectivity index (χ0) is 25.6. The summed E-state index contributed by atoms with van der Waals surface area (Å²) in [4.78, 5) is 30.3. The maximum atomic E-state index is 12.9. The minimum Gasteiger partial charge on any atom is -0.435 e. The van der Waals surface area contributed by atoms with Crippen LogP contribution in [0.25, 0.3) is 10.9 Å². The Balaban J connectivity index is 1.85. The Labute approximate surface area is 199 Å². The smallest absolute Gasteiger partial charge is 0.387 e. The average Bonchev–Trinajstić information content (AvgIpc) is 2.82. The van der Waals surface area contributed by atoms with Crippen molar-refractivity contribution in [2.45, 2.75) is 18.4 Å². The summed E-state index contributed by atoms with van der Waals surface area (Å²) in [6.07, 6.45) is 1.57. The summed E-state index contributed by atoms with van der Waals surface area (Å²) in [7, 11) is -3.04. The van der Waals surface area contributed by atoms with Crippen molar-refractivity contribution in [2.75, 3.05) is 12.8 Å². The summed E-state index contributed by atoms with van der Waals surface area (Å²) in [5.74, 6) is -3.74. The second-order valence-electron chi connectivity index (χ2n) is 7.45. The molecule has 35 heavy (non-hydrogen) atoms. The monoisotopic (exact) mass is 502 g/mol. The van der Waals surface area contributed by atoms with Crippen molar-refractivity contribution in [1.82, 2.24) is 15.2 Å². The van der Waals surface area contributed by atoms with Gasteiger partial charge in [0, 0.05) is 18.0 Å². The third-order valence-electron chi connectivity index (χ3n) is 4.90. The molecule has 0 bridgehead atoms. The van der Waals surface area contributed by atoms with E-state index < -0.39 is 45.8 Å². The summed E-state index contributed by atoms with van der Waals surface area (Å²) in [6.45, 7) is -3.16. The minimum absolute atomic E-state index is 0.0461. The molecule has 1 atom stereocenters. The number of amides is 2. The number of para-hydroxylation sites is 2. The van der Waals surface area contributed by atoms with E-state index in [1.807, 2.05) is 0 Å². The van der Waals surface area contributed by atoms with Gasteiger partial charge < -0.3 is 10.1 Å².